The lowest BCUT2D eigenvalue weighted by molar-refractivity contribution is -0.138. The van der Waals surface area contributed by atoms with E-state index < -0.39 is 0 Å². The SMILES string of the molecule is CCOC(=O)/C(=C/c1ccccc1)CNc1ccc(C)cc1. The number of aryl methyl sites for hydroxylation is 1. The molecule has 0 aromatic heterocycles. The van der Waals surface area contributed by atoms with Crippen LogP contribution in [0, 0.1) is 6.92 Å². The monoisotopic (exact) mass is 295 g/mol. The van der Waals surface area contributed by atoms with E-state index in [0.717, 1.165) is 11.3 Å². The number of hydrogen-bond acceptors (Lipinski definition) is 3. The van der Waals surface area contributed by atoms with E-state index in [0.29, 0.717) is 18.7 Å². The Morgan fingerprint density at radius 1 is 1.09 bits per heavy atom. The van der Waals surface area contributed by atoms with E-state index in [2.05, 4.69) is 5.32 Å². The lowest BCUT2D eigenvalue weighted by Gasteiger charge is -2.10. The summed E-state index contributed by atoms with van der Waals surface area (Å²) in [6.45, 7) is 4.65. The fourth-order valence-corrected chi connectivity index (χ4v) is 2.03. The molecule has 22 heavy (non-hydrogen) atoms. The van der Waals surface area contributed by atoms with Gasteiger partial charge in [0, 0.05) is 12.2 Å². The van der Waals surface area contributed by atoms with E-state index >= 15 is 0 Å². The van der Waals surface area contributed by atoms with Crippen LogP contribution in [0.25, 0.3) is 6.08 Å². The molecule has 0 fully saturated rings. The molecule has 2 aromatic carbocycles. The second-order valence-electron chi connectivity index (χ2n) is 5.02. The van der Waals surface area contributed by atoms with Crippen molar-refractivity contribution in [3.8, 4) is 0 Å². The molecule has 2 rings (SSSR count). The largest absolute Gasteiger partial charge is 0.463 e. The Labute approximate surface area is 131 Å². The second kappa shape index (κ2) is 8.03. The molecular weight excluding hydrogens is 274 g/mol. The second-order valence-corrected chi connectivity index (χ2v) is 5.02. The average Bonchev–Trinajstić information content (AvgIpc) is 2.54. The molecule has 1 N–H and O–H groups in total. The maximum Gasteiger partial charge on any atom is 0.335 e. The number of anilines is 1. The summed E-state index contributed by atoms with van der Waals surface area (Å²) < 4.78 is 5.14. The summed E-state index contributed by atoms with van der Waals surface area (Å²) in [6, 6.07) is 17.8. The van der Waals surface area contributed by atoms with Crippen LogP contribution in [-0.2, 0) is 9.53 Å². The molecule has 0 aliphatic rings. The minimum absolute atomic E-state index is 0.286. The number of benzene rings is 2. The van der Waals surface area contributed by atoms with Crippen molar-refractivity contribution in [2.45, 2.75) is 13.8 Å². The molecule has 114 valence electrons. The predicted octanol–water partition coefficient (Wildman–Crippen LogP) is 4.05. The molecule has 0 aliphatic carbocycles. The van der Waals surface area contributed by atoms with Gasteiger partial charge in [0.15, 0.2) is 0 Å². The maximum atomic E-state index is 12.1. The third-order valence-corrected chi connectivity index (χ3v) is 3.21. The van der Waals surface area contributed by atoms with Gasteiger partial charge in [-0.15, -0.1) is 0 Å². The number of esters is 1. The van der Waals surface area contributed by atoms with Crippen molar-refractivity contribution in [1.82, 2.24) is 0 Å². The lowest BCUT2D eigenvalue weighted by Crippen LogP contribution is -2.15. The Kier molecular flexibility index (Phi) is 5.78. The van der Waals surface area contributed by atoms with E-state index in [9.17, 15) is 4.79 Å². The van der Waals surface area contributed by atoms with Gasteiger partial charge in [0.05, 0.1) is 12.2 Å². The van der Waals surface area contributed by atoms with Crippen LogP contribution in [0.5, 0.6) is 0 Å². The van der Waals surface area contributed by atoms with E-state index in [1.54, 1.807) is 0 Å². The molecular formula is C19H21NO2. The first kappa shape index (κ1) is 15.8. The topological polar surface area (TPSA) is 38.3 Å². The Morgan fingerprint density at radius 3 is 2.41 bits per heavy atom. The van der Waals surface area contributed by atoms with Gasteiger partial charge in [-0.3, -0.25) is 0 Å². The summed E-state index contributed by atoms with van der Waals surface area (Å²) in [5, 5.41) is 3.26. The highest BCUT2D eigenvalue weighted by molar-refractivity contribution is 5.94. The molecule has 0 amide bonds. The highest BCUT2D eigenvalue weighted by Gasteiger charge is 2.10. The van der Waals surface area contributed by atoms with Crippen molar-refractivity contribution in [2.75, 3.05) is 18.5 Å². The van der Waals surface area contributed by atoms with Crippen molar-refractivity contribution < 1.29 is 9.53 Å². The molecule has 0 saturated carbocycles. The summed E-state index contributed by atoms with van der Waals surface area (Å²) in [5.41, 5.74) is 3.77. The predicted molar refractivity (Wildman–Crippen MR) is 90.7 cm³/mol. The van der Waals surface area contributed by atoms with Gasteiger partial charge in [-0.1, -0.05) is 48.0 Å². The first-order valence-electron chi connectivity index (χ1n) is 7.42. The van der Waals surface area contributed by atoms with Gasteiger partial charge in [0.25, 0.3) is 0 Å². The summed E-state index contributed by atoms with van der Waals surface area (Å²) in [4.78, 5) is 12.1. The van der Waals surface area contributed by atoms with Crippen LogP contribution in [0.15, 0.2) is 60.2 Å². The van der Waals surface area contributed by atoms with Gasteiger partial charge < -0.3 is 10.1 Å². The first-order chi connectivity index (χ1) is 10.7. The maximum absolute atomic E-state index is 12.1. The van der Waals surface area contributed by atoms with Crippen LogP contribution in [0.1, 0.15) is 18.1 Å². The summed E-state index contributed by atoms with van der Waals surface area (Å²) in [6.07, 6.45) is 1.86. The van der Waals surface area contributed by atoms with Crippen LogP contribution >= 0.6 is 0 Å². The Bertz CT molecular complexity index is 630. The zero-order valence-electron chi connectivity index (χ0n) is 13.0. The molecule has 0 aliphatic heterocycles. The molecule has 2 aromatic rings. The number of nitrogens with one attached hydrogen (secondary N) is 1. The fraction of sp³-hybridized carbons (Fsp3) is 0.211. The van der Waals surface area contributed by atoms with Crippen molar-refractivity contribution >= 4 is 17.7 Å². The molecule has 0 unspecified atom stereocenters. The Balaban J connectivity index is 2.12. The molecule has 0 heterocycles. The van der Waals surface area contributed by atoms with Crippen LogP contribution < -0.4 is 5.32 Å². The molecule has 0 spiro atoms. The quantitative estimate of drug-likeness (QED) is 0.645. The average molecular weight is 295 g/mol. The Hall–Kier alpha value is -2.55. The van der Waals surface area contributed by atoms with Gasteiger partial charge in [-0.05, 0) is 37.6 Å². The normalized spacial score (nSPS) is 11.1. The zero-order valence-corrected chi connectivity index (χ0v) is 13.0. The van der Waals surface area contributed by atoms with Crippen molar-refractivity contribution in [2.24, 2.45) is 0 Å². The minimum atomic E-state index is -0.286. The van der Waals surface area contributed by atoms with Gasteiger partial charge in [0.2, 0.25) is 0 Å². The van der Waals surface area contributed by atoms with Gasteiger partial charge in [-0.25, -0.2) is 4.79 Å². The van der Waals surface area contributed by atoms with E-state index in [1.165, 1.54) is 5.56 Å². The van der Waals surface area contributed by atoms with Crippen LogP contribution in [0.3, 0.4) is 0 Å². The molecule has 0 radical (unpaired) electrons. The minimum Gasteiger partial charge on any atom is -0.463 e. The van der Waals surface area contributed by atoms with Crippen LogP contribution in [0.2, 0.25) is 0 Å². The van der Waals surface area contributed by atoms with Gasteiger partial charge >= 0.3 is 5.97 Å². The van der Waals surface area contributed by atoms with Crippen molar-refractivity contribution in [3.05, 3.63) is 71.3 Å². The van der Waals surface area contributed by atoms with Crippen molar-refractivity contribution in [3.63, 3.8) is 0 Å². The third-order valence-electron chi connectivity index (χ3n) is 3.21. The third kappa shape index (κ3) is 4.77. The number of carbonyl (C=O) groups excluding carboxylic acids is 1. The highest BCUT2D eigenvalue weighted by Crippen LogP contribution is 2.12. The molecule has 0 bridgehead atoms. The molecule has 0 saturated heterocycles. The molecule has 3 nitrogen and oxygen atoms in total. The molecule has 3 heteroatoms. The smallest absolute Gasteiger partial charge is 0.335 e. The number of rotatable bonds is 6. The fourth-order valence-electron chi connectivity index (χ4n) is 2.03. The Morgan fingerprint density at radius 2 is 1.77 bits per heavy atom. The van der Waals surface area contributed by atoms with Crippen LogP contribution in [0.4, 0.5) is 5.69 Å². The van der Waals surface area contributed by atoms with Gasteiger partial charge in [-0.2, -0.15) is 0 Å². The standard InChI is InChI=1S/C19H21NO2/c1-3-22-19(21)17(13-16-7-5-4-6-8-16)14-20-18-11-9-15(2)10-12-18/h4-13,20H,3,14H2,1-2H3/b17-13+. The number of carbonyl (C=O) groups is 1. The van der Waals surface area contributed by atoms with Gasteiger partial charge in [0.1, 0.15) is 0 Å². The van der Waals surface area contributed by atoms with Crippen molar-refractivity contribution in [1.29, 1.82) is 0 Å². The van der Waals surface area contributed by atoms with E-state index in [1.807, 2.05) is 74.5 Å². The summed E-state index contributed by atoms with van der Waals surface area (Å²) in [5.74, 6) is -0.286. The zero-order chi connectivity index (χ0) is 15.8. The summed E-state index contributed by atoms with van der Waals surface area (Å²) >= 11 is 0. The van der Waals surface area contributed by atoms with Crippen LogP contribution in [-0.4, -0.2) is 19.1 Å². The first-order valence-corrected chi connectivity index (χ1v) is 7.42. The number of ether oxygens (including phenoxy) is 1. The lowest BCUT2D eigenvalue weighted by atomic mass is 10.1. The van der Waals surface area contributed by atoms with E-state index in [-0.39, 0.29) is 5.97 Å². The molecule has 0 atom stereocenters. The highest BCUT2D eigenvalue weighted by atomic mass is 16.5. The van der Waals surface area contributed by atoms with E-state index in [4.69, 9.17) is 4.74 Å². The summed E-state index contributed by atoms with van der Waals surface area (Å²) in [7, 11) is 0. The number of hydrogen-bond donors (Lipinski definition) is 1.